The van der Waals surface area contributed by atoms with Crippen molar-refractivity contribution in [2.75, 3.05) is 0 Å². The first-order valence-corrected chi connectivity index (χ1v) is 7.77. The maximum absolute atomic E-state index is 14.1. The number of rotatable bonds is 4. The summed E-state index contributed by atoms with van der Waals surface area (Å²) in [7, 11) is 0. The minimum Gasteiger partial charge on any atom is -0.465 e. The third kappa shape index (κ3) is 3.40. The summed E-state index contributed by atoms with van der Waals surface area (Å²) < 4.78 is 16.7. The molecule has 0 saturated heterocycles. The monoisotopic (exact) mass is 371 g/mol. The van der Waals surface area contributed by atoms with Crippen LogP contribution in [-0.2, 0) is 6.42 Å². The zero-order chi connectivity index (χ0) is 16.7. The number of nitrogens with zero attached hydrogens (tertiary/aromatic N) is 2. The van der Waals surface area contributed by atoms with Crippen molar-refractivity contribution < 1.29 is 14.3 Å². The second kappa shape index (κ2) is 5.87. The van der Waals surface area contributed by atoms with Gasteiger partial charge in [-0.2, -0.15) is 0 Å². The molecule has 22 heavy (non-hydrogen) atoms. The first-order valence-electron chi connectivity index (χ1n) is 6.97. The lowest BCUT2D eigenvalue weighted by Crippen LogP contribution is -2.45. The predicted molar refractivity (Wildman–Crippen MR) is 86.7 cm³/mol. The Hall–Kier alpha value is -1.63. The van der Waals surface area contributed by atoms with Gasteiger partial charge in [0.2, 0.25) is 0 Å². The van der Waals surface area contributed by atoms with E-state index in [4.69, 9.17) is 5.11 Å². The van der Waals surface area contributed by atoms with Gasteiger partial charge in [0, 0.05) is 22.5 Å². The smallest absolute Gasteiger partial charge is 0.405 e. The molecule has 0 aliphatic carbocycles. The third-order valence-corrected chi connectivity index (χ3v) is 3.81. The van der Waals surface area contributed by atoms with Gasteiger partial charge in [0.1, 0.15) is 11.3 Å². The Morgan fingerprint density at radius 1 is 1.50 bits per heavy atom. The first kappa shape index (κ1) is 16.7. The average molecular weight is 372 g/mol. The van der Waals surface area contributed by atoms with Crippen LogP contribution in [0.15, 0.2) is 16.6 Å². The summed E-state index contributed by atoms with van der Waals surface area (Å²) in [6.45, 7) is 7.52. The SMILES string of the molecule is CC(C)n1c(CC(C)(C)NC(=O)O)nc2c(F)cc(Br)cc21. The summed E-state index contributed by atoms with van der Waals surface area (Å²) >= 11 is 3.30. The van der Waals surface area contributed by atoms with Crippen LogP contribution in [0.2, 0.25) is 0 Å². The lowest BCUT2D eigenvalue weighted by molar-refractivity contribution is 0.181. The molecule has 0 radical (unpaired) electrons. The Morgan fingerprint density at radius 2 is 2.14 bits per heavy atom. The van der Waals surface area contributed by atoms with E-state index in [0.29, 0.717) is 27.8 Å². The predicted octanol–water partition coefficient (Wildman–Crippen LogP) is 4.11. The van der Waals surface area contributed by atoms with Crippen LogP contribution in [-0.4, -0.2) is 26.3 Å². The molecule has 0 atom stereocenters. The fourth-order valence-electron chi connectivity index (χ4n) is 2.60. The number of imidazole rings is 1. The number of nitrogens with one attached hydrogen (secondary N) is 1. The zero-order valence-electron chi connectivity index (χ0n) is 12.9. The van der Waals surface area contributed by atoms with Gasteiger partial charge in [0.25, 0.3) is 0 Å². The molecule has 0 saturated carbocycles. The van der Waals surface area contributed by atoms with Crippen LogP contribution in [0.3, 0.4) is 0 Å². The van der Waals surface area contributed by atoms with Crippen LogP contribution in [0.1, 0.15) is 39.6 Å². The van der Waals surface area contributed by atoms with Gasteiger partial charge in [0.05, 0.1) is 5.52 Å². The molecule has 0 aliphatic rings. The van der Waals surface area contributed by atoms with E-state index in [1.54, 1.807) is 13.8 Å². The van der Waals surface area contributed by atoms with Crippen molar-refractivity contribution >= 4 is 33.1 Å². The maximum atomic E-state index is 14.1. The summed E-state index contributed by atoms with van der Waals surface area (Å²) in [5, 5.41) is 11.4. The third-order valence-electron chi connectivity index (χ3n) is 3.35. The highest BCUT2D eigenvalue weighted by Crippen LogP contribution is 2.28. The highest BCUT2D eigenvalue weighted by atomic mass is 79.9. The van der Waals surface area contributed by atoms with E-state index >= 15 is 0 Å². The molecule has 0 bridgehead atoms. The normalized spacial score (nSPS) is 12.1. The number of fused-ring (bicyclic) bond motifs is 1. The molecule has 2 aromatic rings. The Balaban J connectivity index is 2.56. The number of carboxylic acid groups (broad SMARTS) is 1. The molecule has 0 aliphatic heterocycles. The quantitative estimate of drug-likeness (QED) is 0.849. The summed E-state index contributed by atoms with van der Waals surface area (Å²) in [5.41, 5.74) is 0.300. The van der Waals surface area contributed by atoms with Gasteiger partial charge in [0.15, 0.2) is 5.82 Å². The summed E-state index contributed by atoms with van der Waals surface area (Å²) in [4.78, 5) is 15.3. The molecule has 120 valence electrons. The number of hydrogen-bond acceptors (Lipinski definition) is 2. The lowest BCUT2D eigenvalue weighted by atomic mass is 10.0. The molecule has 5 nitrogen and oxygen atoms in total. The van der Waals surface area contributed by atoms with Crippen LogP contribution in [0.4, 0.5) is 9.18 Å². The molecule has 0 unspecified atom stereocenters. The molecule has 2 N–H and O–H groups in total. The van der Waals surface area contributed by atoms with Crippen molar-refractivity contribution in [2.24, 2.45) is 0 Å². The van der Waals surface area contributed by atoms with Crippen molar-refractivity contribution in [2.45, 2.75) is 45.7 Å². The van der Waals surface area contributed by atoms with E-state index in [9.17, 15) is 9.18 Å². The Bertz CT molecular complexity index is 725. The van der Waals surface area contributed by atoms with Crippen LogP contribution in [0.25, 0.3) is 11.0 Å². The summed E-state index contributed by atoms with van der Waals surface area (Å²) in [6.07, 6.45) is -0.727. The molecule has 0 spiro atoms. The first-order chi connectivity index (χ1) is 10.1. The molecule has 1 aromatic carbocycles. The van der Waals surface area contributed by atoms with Gasteiger partial charge < -0.3 is 15.0 Å². The van der Waals surface area contributed by atoms with Gasteiger partial charge in [-0.15, -0.1) is 0 Å². The van der Waals surface area contributed by atoms with E-state index in [2.05, 4.69) is 26.2 Å². The van der Waals surface area contributed by atoms with Crippen LogP contribution in [0, 0.1) is 5.82 Å². The topological polar surface area (TPSA) is 67.2 Å². The van der Waals surface area contributed by atoms with E-state index < -0.39 is 17.4 Å². The molecule has 7 heteroatoms. The van der Waals surface area contributed by atoms with Crippen LogP contribution >= 0.6 is 15.9 Å². The zero-order valence-corrected chi connectivity index (χ0v) is 14.5. The van der Waals surface area contributed by atoms with Crippen molar-refractivity contribution in [1.82, 2.24) is 14.9 Å². The summed E-state index contributed by atoms with van der Waals surface area (Å²) in [6, 6.07) is 3.28. The molecule has 1 heterocycles. The van der Waals surface area contributed by atoms with Crippen molar-refractivity contribution in [3.8, 4) is 0 Å². The highest BCUT2D eigenvalue weighted by Gasteiger charge is 2.26. The number of carbonyl (C=O) groups is 1. The second-order valence-corrected chi connectivity index (χ2v) is 7.15. The molecule has 1 aromatic heterocycles. The average Bonchev–Trinajstić information content (AvgIpc) is 2.64. The van der Waals surface area contributed by atoms with Gasteiger partial charge in [-0.05, 0) is 39.8 Å². The van der Waals surface area contributed by atoms with Gasteiger partial charge in [-0.3, -0.25) is 0 Å². The van der Waals surface area contributed by atoms with Crippen molar-refractivity contribution in [3.05, 3.63) is 28.2 Å². The molecular formula is C15H19BrFN3O2. The lowest BCUT2D eigenvalue weighted by Gasteiger charge is -2.25. The van der Waals surface area contributed by atoms with Crippen LogP contribution < -0.4 is 5.32 Å². The number of benzene rings is 1. The Kier molecular flexibility index (Phi) is 4.47. The Morgan fingerprint density at radius 3 is 2.68 bits per heavy atom. The standard InChI is InChI=1S/C15H19BrFN3O2/c1-8(2)20-11-6-9(16)5-10(17)13(11)18-12(20)7-15(3,4)19-14(21)22/h5-6,8,19H,7H2,1-4H3,(H,21,22). The van der Waals surface area contributed by atoms with E-state index in [0.717, 1.165) is 0 Å². The largest absolute Gasteiger partial charge is 0.465 e. The van der Waals surface area contributed by atoms with Gasteiger partial charge >= 0.3 is 6.09 Å². The van der Waals surface area contributed by atoms with Crippen molar-refractivity contribution in [1.29, 1.82) is 0 Å². The molecule has 2 rings (SSSR count). The number of aromatic nitrogens is 2. The van der Waals surface area contributed by atoms with E-state index in [1.807, 2.05) is 24.5 Å². The maximum Gasteiger partial charge on any atom is 0.405 e. The fourth-order valence-corrected chi connectivity index (χ4v) is 3.02. The number of amides is 1. The minimum atomic E-state index is -1.09. The van der Waals surface area contributed by atoms with E-state index in [-0.39, 0.29) is 6.04 Å². The summed E-state index contributed by atoms with van der Waals surface area (Å²) in [5.74, 6) is 0.259. The van der Waals surface area contributed by atoms with Gasteiger partial charge in [-0.25, -0.2) is 14.2 Å². The second-order valence-electron chi connectivity index (χ2n) is 6.24. The molecular weight excluding hydrogens is 353 g/mol. The Labute approximate surface area is 136 Å². The fraction of sp³-hybridized carbons (Fsp3) is 0.467. The number of halogens is 2. The van der Waals surface area contributed by atoms with Crippen molar-refractivity contribution in [3.63, 3.8) is 0 Å². The molecule has 0 fully saturated rings. The minimum absolute atomic E-state index is 0.0781. The highest BCUT2D eigenvalue weighted by molar-refractivity contribution is 9.10. The van der Waals surface area contributed by atoms with Gasteiger partial charge in [-0.1, -0.05) is 15.9 Å². The van der Waals surface area contributed by atoms with Crippen LogP contribution in [0.5, 0.6) is 0 Å². The van der Waals surface area contributed by atoms with E-state index in [1.165, 1.54) is 6.07 Å². The molecule has 1 amide bonds. The number of hydrogen-bond donors (Lipinski definition) is 2.